The molecule has 7 nitrogen and oxygen atoms in total. The molecule has 0 aliphatic rings. The highest BCUT2D eigenvalue weighted by molar-refractivity contribution is 9.10. The Labute approximate surface area is 172 Å². The van der Waals surface area contributed by atoms with Crippen molar-refractivity contribution in [2.24, 2.45) is 0 Å². The maximum Gasteiger partial charge on any atom is 0.291 e. The molecule has 0 aliphatic carbocycles. The van der Waals surface area contributed by atoms with Gasteiger partial charge in [0.25, 0.3) is 5.91 Å². The molecule has 1 heterocycles. The number of amides is 3. The van der Waals surface area contributed by atoms with Crippen molar-refractivity contribution >= 4 is 39.3 Å². The number of carbonyl (C=O) groups excluding carboxylic acids is 3. The molecule has 3 N–H and O–H groups in total. The minimum Gasteiger partial charge on any atom is -0.444 e. The van der Waals surface area contributed by atoms with Gasteiger partial charge in [0, 0.05) is 11.7 Å². The molecule has 0 spiro atoms. The number of rotatable bonds is 8. The third kappa shape index (κ3) is 6.53. The van der Waals surface area contributed by atoms with Crippen molar-refractivity contribution < 1.29 is 18.8 Å². The van der Waals surface area contributed by atoms with E-state index in [2.05, 4.69) is 31.9 Å². The second kappa shape index (κ2) is 10.1. The van der Waals surface area contributed by atoms with Gasteiger partial charge in [-0.25, -0.2) is 0 Å². The monoisotopic (exact) mass is 449 g/mol. The molecule has 0 saturated heterocycles. The average Bonchev–Trinajstić information content (AvgIpc) is 3.09. The lowest BCUT2D eigenvalue weighted by atomic mass is 10.1. The number of hydrogen-bond acceptors (Lipinski definition) is 4. The van der Waals surface area contributed by atoms with Crippen LogP contribution in [-0.4, -0.2) is 29.8 Å². The second-order valence-electron chi connectivity index (χ2n) is 6.54. The molecule has 2 unspecified atom stereocenters. The summed E-state index contributed by atoms with van der Waals surface area (Å²) in [6.45, 7) is 5.55. The normalized spacial score (nSPS) is 12.7. The maximum absolute atomic E-state index is 12.2. The minimum absolute atomic E-state index is 0.0666. The Hall–Kier alpha value is -2.61. The Balaban J connectivity index is 1.85. The summed E-state index contributed by atoms with van der Waals surface area (Å²) in [7, 11) is 0. The van der Waals surface area contributed by atoms with Gasteiger partial charge in [0.05, 0.1) is 6.42 Å². The van der Waals surface area contributed by atoms with Gasteiger partial charge in [-0.1, -0.05) is 19.1 Å². The maximum atomic E-state index is 12.2. The number of halogens is 1. The molecule has 0 fully saturated rings. The van der Waals surface area contributed by atoms with Crippen molar-refractivity contribution in [1.82, 2.24) is 10.6 Å². The third-order valence-corrected chi connectivity index (χ3v) is 4.57. The van der Waals surface area contributed by atoms with Gasteiger partial charge in [0.1, 0.15) is 6.04 Å². The highest BCUT2D eigenvalue weighted by Crippen LogP contribution is 2.16. The molecule has 0 radical (unpaired) electrons. The predicted octanol–water partition coefficient (Wildman–Crippen LogP) is 3.26. The number of furan rings is 1. The fourth-order valence-corrected chi connectivity index (χ4v) is 2.65. The zero-order valence-electron chi connectivity index (χ0n) is 16.0. The first kappa shape index (κ1) is 21.7. The van der Waals surface area contributed by atoms with E-state index in [4.69, 9.17) is 4.42 Å². The van der Waals surface area contributed by atoms with Crippen LogP contribution in [0.3, 0.4) is 0 Å². The highest BCUT2D eigenvalue weighted by Gasteiger charge is 2.17. The fourth-order valence-electron chi connectivity index (χ4n) is 2.35. The van der Waals surface area contributed by atoms with Crippen LogP contribution >= 0.6 is 15.9 Å². The van der Waals surface area contributed by atoms with Crippen LogP contribution in [0, 0.1) is 0 Å². The van der Waals surface area contributed by atoms with Gasteiger partial charge in [0.2, 0.25) is 11.8 Å². The van der Waals surface area contributed by atoms with Gasteiger partial charge in [-0.3, -0.25) is 14.4 Å². The van der Waals surface area contributed by atoms with E-state index in [-0.39, 0.29) is 35.9 Å². The quantitative estimate of drug-likeness (QED) is 0.575. The number of carbonyl (C=O) groups is 3. The number of benzene rings is 1. The Bertz CT molecular complexity index is 832. The Morgan fingerprint density at radius 3 is 2.29 bits per heavy atom. The molecule has 2 aromatic rings. The summed E-state index contributed by atoms with van der Waals surface area (Å²) in [5.41, 5.74) is 1.36. The van der Waals surface area contributed by atoms with Gasteiger partial charge in [-0.2, -0.15) is 0 Å². The minimum atomic E-state index is -0.604. The van der Waals surface area contributed by atoms with Crippen LogP contribution in [0.2, 0.25) is 0 Å². The average molecular weight is 450 g/mol. The Morgan fingerprint density at radius 1 is 1.04 bits per heavy atom. The van der Waals surface area contributed by atoms with Crippen molar-refractivity contribution in [3.63, 3.8) is 0 Å². The third-order valence-electron chi connectivity index (χ3n) is 4.15. The molecule has 3 amide bonds. The lowest BCUT2D eigenvalue weighted by molar-refractivity contribution is -0.128. The van der Waals surface area contributed by atoms with Crippen LogP contribution in [0.25, 0.3) is 0 Å². The molecular formula is C20H24BrN3O4. The summed E-state index contributed by atoms with van der Waals surface area (Å²) in [6.07, 6.45) is 0.965. The van der Waals surface area contributed by atoms with Gasteiger partial charge in [0.15, 0.2) is 10.4 Å². The largest absolute Gasteiger partial charge is 0.444 e. The lowest BCUT2D eigenvalue weighted by Crippen LogP contribution is -2.47. The Kier molecular flexibility index (Phi) is 7.80. The van der Waals surface area contributed by atoms with Crippen molar-refractivity contribution in [3.05, 3.63) is 52.4 Å². The van der Waals surface area contributed by atoms with Crippen molar-refractivity contribution in [2.45, 2.75) is 45.7 Å². The number of hydrogen-bond donors (Lipinski definition) is 3. The lowest BCUT2D eigenvalue weighted by Gasteiger charge is -2.17. The molecule has 1 aromatic carbocycles. The molecule has 28 heavy (non-hydrogen) atoms. The molecule has 1 aromatic heterocycles. The molecule has 150 valence electrons. The van der Waals surface area contributed by atoms with E-state index >= 15 is 0 Å². The smallest absolute Gasteiger partial charge is 0.291 e. The van der Waals surface area contributed by atoms with E-state index in [1.807, 2.05) is 13.8 Å². The molecule has 0 saturated carbocycles. The van der Waals surface area contributed by atoms with Gasteiger partial charge < -0.3 is 20.4 Å². The first-order valence-electron chi connectivity index (χ1n) is 9.03. The van der Waals surface area contributed by atoms with Crippen LogP contribution in [0.5, 0.6) is 0 Å². The molecule has 2 rings (SSSR count). The first-order chi connectivity index (χ1) is 13.3. The first-order valence-corrected chi connectivity index (χ1v) is 9.83. The molecular weight excluding hydrogens is 426 g/mol. The topological polar surface area (TPSA) is 100 Å². The van der Waals surface area contributed by atoms with E-state index in [0.717, 1.165) is 12.0 Å². The van der Waals surface area contributed by atoms with Crippen LogP contribution in [0.4, 0.5) is 5.69 Å². The molecule has 8 heteroatoms. The summed E-state index contributed by atoms with van der Waals surface area (Å²) in [4.78, 5) is 36.2. The second-order valence-corrected chi connectivity index (χ2v) is 7.32. The zero-order valence-corrected chi connectivity index (χ0v) is 17.6. The SMILES string of the molecule is CCC(C)NC(=O)C(C)NC(=O)Cc1ccc(NC(=O)c2ccc(Br)o2)cc1. The summed E-state index contributed by atoms with van der Waals surface area (Å²) in [5, 5.41) is 8.24. The van der Waals surface area contributed by atoms with Gasteiger partial charge >= 0.3 is 0 Å². The van der Waals surface area contributed by atoms with Crippen LogP contribution in [0.15, 0.2) is 45.5 Å². The Morgan fingerprint density at radius 2 is 1.71 bits per heavy atom. The standard InChI is InChI=1S/C20H24BrN3O4/c1-4-12(2)22-19(26)13(3)23-18(25)11-14-5-7-15(8-6-14)24-20(27)16-9-10-17(21)28-16/h5-10,12-13H,4,11H2,1-3H3,(H,22,26)(H,23,25)(H,24,27). The highest BCUT2D eigenvalue weighted by atomic mass is 79.9. The van der Waals surface area contributed by atoms with Crippen LogP contribution in [-0.2, 0) is 16.0 Å². The summed E-state index contributed by atoms with van der Waals surface area (Å²) >= 11 is 3.15. The van der Waals surface area contributed by atoms with Crippen molar-refractivity contribution in [2.75, 3.05) is 5.32 Å². The van der Waals surface area contributed by atoms with Crippen molar-refractivity contribution in [1.29, 1.82) is 0 Å². The van der Waals surface area contributed by atoms with Crippen LogP contribution < -0.4 is 16.0 Å². The van der Waals surface area contributed by atoms with E-state index in [0.29, 0.717) is 10.4 Å². The van der Waals surface area contributed by atoms with E-state index in [1.165, 1.54) is 0 Å². The molecule has 2 atom stereocenters. The summed E-state index contributed by atoms with van der Waals surface area (Å²) < 4.78 is 5.68. The summed E-state index contributed by atoms with van der Waals surface area (Å²) in [6, 6.07) is 9.57. The van der Waals surface area contributed by atoms with Crippen molar-refractivity contribution in [3.8, 4) is 0 Å². The zero-order chi connectivity index (χ0) is 20.7. The molecule has 0 aliphatic heterocycles. The van der Waals surface area contributed by atoms with E-state index in [9.17, 15) is 14.4 Å². The summed E-state index contributed by atoms with van der Waals surface area (Å²) in [5.74, 6) is -0.619. The predicted molar refractivity (Wildman–Crippen MR) is 110 cm³/mol. The van der Waals surface area contributed by atoms with Crippen LogP contribution in [0.1, 0.15) is 43.3 Å². The molecule has 0 bridgehead atoms. The number of anilines is 1. The van der Waals surface area contributed by atoms with Gasteiger partial charge in [-0.05, 0) is 66.0 Å². The van der Waals surface area contributed by atoms with E-state index in [1.54, 1.807) is 43.3 Å². The number of nitrogens with one attached hydrogen (secondary N) is 3. The fraction of sp³-hybridized carbons (Fsp3) is 0.350. The van der Waals surface area contributed by atoms with E-state index < -0.39 is 6.04 Å². The van der Waals surface area contributed by atoms with Gasteiger partial charge in [-0.15, -0.1) is 0 Å².